The van der Waals surface area contributed by atoms with Gasteiger partial charge in [0.15, 0.2) is 0 Å². The highest BCUT2D eigenvalue weighted by Gasteiger charge is 2.27. The number of nitrogens with zero attached hydrogens (tertiary/aromatic N) is 10. The third-order valence-electron chi connectivity index (χ3n) is 5.47. The Bertz CT molecular complexity index is 1060. The van der Waals surface area contributed by atoms with E-state index in [0.29, 0.717) is 42.4 Å². The van der Waals surface area contributed by atoms with Crippen molar-refractivity contribution < 1.29 is 9.53 Å². The summed E-state index contributed by atoms with van der Waals surface area (Å²) in [6, 6.07) is 4.88. The highest BCUT2D eigenvalue weighted by atomic mass is 16.5. The van der Waals surface area contributed by atoms with Crippen LogP contribution in [-0.2, 0) is 22.6 Å². The van der Waals surface area contributed by atoms with E-state index < -0.39 is 5.91 Å². The molecule has 0 radical (unpaired) electrons. The van der Waals surface area contributed by atoms with Crippen molar-refractivity contribution in [3.63, 3.8) is 0 Å². The quantitative estimate of drug-likeness (QED) is 0.130. The summed E-state index contributed by atoms with van der Waals surface area (Å²) in [6.07, 6.45) is 2.83. The molecule has 1 aromatic rings. The SMILES string of the molecule is CC/C(N=O)=C(\C(=O)NC1CCC(OCN=[N+]=[N-])CC1)c1cc(CN=[N+]=[N-])ccc1CN=[N+]=[N-]. The smallest absolute Gasteiger partial charge is 0.254 e. The normalized spacial score (nSPS) is 17.8. The van der Waals surface area contributed by atoms with Gasteiger partial charge >= 0.3 is 0 Å². The number of carbonyl (C=O) groups is 1. The summed E-state index contributed by atoms with van der Waals surface area (Å²) in [5.74, 6) is -0.460. The number of amides is 1. The minimum absolute atomic E-state index is 0.0317. The minimum Gasteiger partial charge on any atom is -0.372 e. The maximum Gasteiger partial charge on any atom is 0.254 e. The Labute approximate surface area is 195 Å². The predicted octanol–water partition coefficient (Wildman–Crippen LogP) is 5.91. The zero-order valence-corrected chi connectivity index (χ0v) is 18.7. The largest absolute Gasteiger partial charge is 0.372 e. The van der Waals surface area contributed by atoms with E-state index in [1.807, 2.05) is 0 Å². The molecule has 0 heterocycles. The standard InChI is InChI=1S/C20H25N11O3/c1-2-18(28-33)19(17-9-13(10-24-29-21)3-4-14(17)11-25-30-22)20(32)27-15-5-7-16(8-6-15)34-12-26-31-23/h3-4,9,15-16H,2,5-8,10-12H2,1H3,(H,27,32)/b19-18+. The van der Waals surface area contributed by atoms with E-state index in [1.165, 1.54) is 0 Å². The van der Waals surface area contributed by atoms with Gasteiger partial charge in [0.2, 0.25) is 0 Å². The lowest BCUT2D eigenvalue weighted by atomic mass is 9.91. The molecule has 1 saturated carbocycles. The molecule has 1 fully saturated rings. The Morgan fingerprint density at radius 1 is 1.06 bits per heavy atom. The number of allylic oxidation sites excluding steroid dienone is 1. The highest BCUT2D eigenvalue weighted by Crippen LogP contribution is 2.29. The van der Waals surface area contributed by atoms with Gasteiger partial charge in [0.25, 0.3) is 5.91 Å². The van der Waals surface area contributed by atoms with Crippen molar-refractivity contribution in [3.05, 3.63) is 76.8 Å². The van der Waals surface area contributed by atoms with Crippen LogP contribution in [0, 0.1) is 4.91 Å². The van der Waals surface area contributed by atoms with Crippen LogP contribution in [-0.4, -0.2) is 24.8 Å². The lowest BCUT2D eigenvalue weighted by Crippen LogP contribution is -2.39. The Kier molecular flexibility index (Phi) is 10.9. The highest BCUT2D eigenvalue weighted by molar-refractivity contribution is 6.21. The van der Waals surface area contributed by atoms with Crippen LogP contribution in [0.15, 0.2) is 44.4 Å². The second-order valence-electron chi connectivity index (χ2n) is 7.51. The van der Waals surface area contributed by atoms with Crippen LogP contribution < -0.4 is 5.32 Å². The zero-order valence-electron chi connectivity index (χ0n) is 18.7. The van der Waals surface area contributed by atoms with Gasteiger partial charge in [-0.3, -0.25) is 4.79 Å². The molecular formula is C20H25N11O3. The summed E-state index contributed by atoms with van der Waals surface area (Å²) in [5.41, 5.74) is 27.5. The number of hydrogen-bond acceptors (Lipinski definition) is 7. The van der Waals surface area contributed by atoms with Crippen molar-refractivity contribution in [2.24, 2.45) is 20.5 Å². The third-order valence-corrected chi connectivity index (χ3v) is 5.47. The van der Waals surface area contributed by atoms with E-state index in [0.717, 1.165) is 0 Å². The second-order valence-corrected chi connectivity index (χ2v) is 7.51. The van der Waals surface area contributed by atoms with Crippen molar-refractivity contribution >= 4 is 11.5 Å². The van der Waals surface area contributed by atoms with Crippen LogP contribution in [0.2, 0.25) is 0 Å². The Hall–Kier alpha value is -4.08. The van der Waals surface area contributed by atoms with Crippen molar-refractivity contribution in [2.75, 3.05) is 6.73 Å². The molecule has 2 rings (SSSR count). The number of rotatable bonds is 12. The van der Waals surface area contributed by atoms with E-state index in [-0.39, 0.29) is 49.7 Å². The average Bonchev–Trinajstić information content (AvgIpc) is 2.86. The van der Waals surface area contributed by atoms with Gasteiger partial charge in [0.1, 0.15) is 6.73 Å². The number of nitrogens with one attached hydrogen (secondary N) is 1. The molecule has 0 spiro atoms. The number of ether oxygens (including phenoxy) is 1. The van der Waals surface area contributed by atoms with Gasteiger partial charge < -0.3 is 10.1 Å². The first-order chi connectivity index (χ1) is 16.6. The maximum absolute atomic E-state index is 13.4. The molecule has 0 aromatic heterocycles. The number of hydrogen-bond donors (Lipinski definition) is 1. The molecular weight excluding hydrogens is 442 g/mol. The predicted molar refractivity (Wildman–Crippen MR) is 124 cm³/mol. The third kappa shape index (κ3) is 7.51. The first-order valence-electron chi connectivity index (χ1n) is 10.7. The van der Waals surface area contributed by atoms with E-state index >= 15 is 0 Å². The molecule has 178 valence electrons. The molecule has 14 heteroatoms. The molecule has 1 aliphatic carbocycles. The topological polar surface area (TPSA) is 214 Å². The van der Waals surface area contributed by atoms with E-state index in [9.17, 15) is 9.70 Å². The first kappa shape index (κ1) is 26.2. The maximum atomic E-state index is 13.4. The molecule has 1 aromatic carbocycles. The van der Waals surface area contributed by atoms with Crippen molar-refractivity contribution in [3.8, 4) is 0 Å². The Morgan fingerprint density at radius 2 is 1.74 bits per heavy atom. The van der Waals surface area contributed by atoms with Crippen LogP contribution in [0.25, 0.3) is 36.9 Å². The number of carbonyl (C=O) groups excluding carboxylic acids is 1. The fourth-order valence-electron chi connectivity index (χ4n) is 3.81. The summed E-state index contributed by atoms with van der Waals surface area (Å²) in [5, 5.41) is 16.6. The van der Waals surface area contributed by atoms with Crippen molar-refractivity contribution in [1.82, 2.24) is 5.32 Å². The van der Waals surface area contributed by atoms with Gasteiger partial charge in [-0.05, 0) is 70.6 Å². The molecule has 0 atom stereocenters. The fourth-order valence-corrected chi connectivity index (χ4v) is 3.81. The lowest BCUT2D eigenvalue weighted by molar-refractivity contribution is -0.116. The first-order valence-corrected chi connectivity index (χ1v) is 10.7. The number of nitroso groups, excluding NO2 is 1. The molecule has 34 heavy (non-hydrogen) atoms. The molecule has 0 saturated heterocycles. The molecule has 1 aliphatic rings. The van der Waals surface area contributed by atoms with Crippen molar-refractivity contribution in [1.29, 1.82) is 0 Å². The van der Waals surface area contributed by atoms with Crippen LogP contribution >= 0.6 is 0 Å². The molecule has 0 aliphatic heterocycles. The monoisotopic (exact) mass is 467 g/mol. The van der Waals surface area contributed by atoms with Gasteiger partial charge in [-0.1, -0.05) is 40.5 Å². The average molecular weight is 467 g/mol. The second kappa shape index (κ2) is 14.1. The van der Waals surface area contributed by atoms with Gasteiger partial charge in [0.05, 0.1) is 30.5 Å². The van der Waals surface area contributed by atoms with Crippen LogP contribution in [0.5, 0.6) is 0 Å². The van der Waals surface area contributed by atoms with Gasteiger partial charge in [-0.2, -0.15) is 0 Å². The van der Waals surface area contributed by atoms with E-state index in [4.69, 9.17) is 21.3 Å². The Balaban J connectivity index is 2.32. The summed E-state index contributed by atoms with van der Waals surface area (Å²) in [4.78, 5) is 33.2. The van der Waals surface area contributed by atoms with Crippen LogP contribution in [0.4, 0.5) is 0 Å². The van der Waals surface area contributed by atoms with Gasteiger partial charge in [0, 0.05) is 20.8 Å². The summed E-state index contributed by atoms with van der Waals surface area (Å²) < 4.78 is 5.49. The molecule has 0 unspecified atom stereocenters. The van der Waals surface area contributed by atoms with E-state index in [2.05, 4.69) is 40.6 Å². The van der Waals surface area contributed by atoms with Crippen molar-refractivity contribution in [2.45, 2.75) is 64.3 Å². The number of azide groups is 3. The van der Waals surface area contributed by atoms with Gasteiger partial charge in [-0.15, -0.1) is 4.91 Å². The fraction of sp³-hybridized carbons (Fsp3) is 0.550. The summed E-state index contributed by atoms with van der Waals surface area (Å²) >= 11 is 0. The summed E-state index contributed by atoms with van der Waals surface area (Å²) in [6.45, 7) is 1.70. The zero-order chi connectivity index (χ0) is 24.8. The van der Waals surface area contributed by atoms with E-state index in [1.54, 1.807) is 25.1 Å². The lowest BCUT2D eigenvalue weighted by Gasteiger charge is -2.29. The summed E-state index contributed by atoms with van der Waals surface area (Å²) in [7, 11) is 0. The molecule has 14 nitrogen and oxygen atoms in total. The van der Waals surface area contributed by atoms with Gasteiger partial charge in [-0.25, -0.2) is 0 Å². The minimum atomic E-state index is -0.460. The number of benzene rings is 1. The molecule has 1 amide bonds. The van der Waals surface area contributed by atoms with Crippen LogP contribution in [0.1, 0.15) is 55.7 Å². The van der Waals surface area contributed by atoms with Crippen LogP contribution in [0.3, 0.4) is 0 Å². The molecule has 0 bridgehead atoms. The molecule has 1 N–H and O–H groups in total. The Morgan fingerprint density at radius 3 is 2.35 bits per heavy atom.